The first kappa shape index (κ1) is 14.0. The van der Waals surface area contributed by atoms with Crippen LogP contribution in [0, 0.1) is 0 Å². The molecule has 1 aromatic carbocycles. The number of hydrogen-bond acceptors (Lipinski definition) is 4. The molecule has 0 aliphatic carbocycles. The van der Waals surface area contributed by atoms with Crippen LogP contribution in [0.4, 0.5) is 0 Å². The molecule has 1 fully saturated rings. The van der Waals surface area contributed by atoms with E-state index in [4.69, 9.17) is 0 Å². The third kappa shape index (κ3) is 3.59. The van der Waals surface area contributed by atoms with Crippen molar-refractivity contribution in [2.24, 2.45) is 0 Å². The summed E-state index contributed by atoms with van der Waals surface area (Å²) in [6.45, 7) is 0.905. The Bertz CT molecular complexity index is 520. The van der Waals surface area contributed by atoms with E-state index in [-0.39, 0.29) is 0 Å². The van der Waals surface area contributed by atoms with Gasteiger partial charge in [0.1, 0.15) is 0 Å². The predicted octanol–water partition coefficient (Wildman–Crippen LogP) is 2.81. The molecular weight excluding hydrogens is 286 g/mol. The summed E-state index contributed by atoms with van der Waals surface area (Å²) >= 11 is 4.12. The first-order chi connectivity index (χ1) is 9.93. The maximum Gasteiger partial charge on any atom is 0.0690 e. The second-order valence-corrected chi connectivity index (χ2v) is 7.11. The van der Waals surface area contributed by atoms with Crippen molar-refractivity contribution in [3.05, 3.63) is 48.3 Å². The van der Waals surface area contributed by atoms with Gasteiger partial charge in [-0.25, -0.2) is 4.68 Å². The van der Waals surface area contributed by atoms with Crippen LogP contribution in [0.3, 0.4) is 0 Å². The molecule has 1 N–H and O–H groups in total. The second kappa shape index (κ2) is 7.20. The van der Waals surface area contributed by atoms with Crippen LogP contribution >= 0.6 is 23.5 Å². The molecule has 2 aromatic rings. The molecular formula is C15H19N3S2. The first-order valence-electron chi connectivity index (χ1n) is 6.90. The third-order valence-corrected chi connectivity index (χ3v) is 5.85. The lowest BCUT2D eigenvalue weighted by atomic mass is 10.1. The van der Waals surface area contributed by atoms with Gasteiger partial charge in [0.25, 0.3) is 0 Å². The summed E-state index contributed by atoms with van der Waals surface area (Å²) < 4.78 is 1.94. The maximum absolute atomic E-state index is 4.34. The van der Waals surface area contributed by atoms with Gasteiger partial charge in [0.2, 0.25) is 0 Å². The first-order valence-corrected chi connectivity index (χ1v) is 9.21. The lowest BCUT2D eigenvalue weighted by Gasteiger charge is -2.17. The zero-order valence-corrected chi connectivity index (χ0v) is 13.0. The minimum Gasteiger partial charge on any atom is -0.308 e. The monoisotopic (exact) mass is 305 g/mol. The molecule has 0 atom stereocenters. The minimum atomic E-state index is 0.609. The summed E-state index contributed by atoms with van der Waals surface area (Å²) in [6, 6.07) is 11.0. The summed E-state index contributed by atoms with van der Waals surface area (Å²) in [5.41, 5.74) is 2.47. The van der Waals surface area contributed by atoms with Crippen LogP contribution in [0.1, 0.15) is 5.56 Å². The van der Waals surface area contributed by atoms with Crippen LogP contribution in [0.5, 0.6) is 0 Å². The van der Waals surface area contributed by atoms with E-state index in [0.29, 0.717) is 6.04 Å². The van der Waals surface area contributed by atoms with Crippen molar-refractivity contribution in [2.45, 2.75) is 12.6 Å². The van der Waals surface area contributed by atoms with Gasteiger partial charge in [0.05, 0.1) is 5.69 Å². The minimum absolute atomic E-state index is 0.609. The van der Waals surface area contributed by atoms with Gasteiger partial charge in [-0.2, -0.15) is 28.6 Å². The van der Waals surface area contributed by atoms with Gasteiger partial charge in [-0.15, -0.1) is 0 Å². The number of para-hydroxylation sites is 1. The smallest absolute Gasteiger partial charge is 0.0690 e. The number of nitrogens with one attached hydrogen (secondary N) is 1. The zero-order valence-electron chi connectivity index (χ0n) is 11.4. The third-order valence-electron chi connectivity index (χ3n) is 3.33. The molecule has 0 amide bonds. The van der Waals surface area contributed by atoms with Crippen LogP contribution in [0.25, 0.3) is 5.69 Å². The van der Waals surface area contributed by atoms with Crippen molar-refractivity contribution < 1.29 is 0 Å². The van der Waals surface area contributed by atoms with Gasteiger partial charge in [-0.05, 0) is 17.7 Å². The highest BCUT2D eigenvalue weighted by Crippen LogP contribution is 2.18. The summed E-state index contributed by atoms with van der Waals surface area (Å²) in [5, 5.41) is 8.04. The van der Waals surface area contributed by atoms with Gasteiger partial charge in [0.15, 0.2) is 0 Å². The molecule has 3 nitrogen and oxygen atoms in total. The second-order valence-electron chi connectivity index (χ2n) is 4.81. The van der Waals surface area contributed by atoms with Gasteiger partial charge in [-0.1, -0.05) is 18.2 Å². The Morgan fingerprint density at radius 1 is 1.15 bits per heavy atom. The number of nitrogens with zero attached hydrogens (tertiary/aromatic N) is 2. The molecule has 1 aromatic heterocycles. The van der Waals surface area contributed by atoms with Crippen LogP contribution < -0.4 is 5.32 Å². The van der Waals surface area contributed by atoms with Crippen molar-refractivity contribution in [3.63, 3.8) is 0 Å². The number of aromatic nitrogens is 2. The number of hydrogen-bond donors (Lipinski definition) is 1. The maximum atomic E-state index is 4.34. The average Bonchev–Trinajstić information content (AvgIpc) is 2.89. The molecule has 3 rings (SSSR count). The lowest BCUT2D eigenvalue weighted by molar-refractivity contribution is 0.601. The summed E-state index contributed by atoms with van der Waals surface area (Å²) in [6.07, 6.45) is 3.82. The number of benzene rings is 1. The Morgan fingerprint density at radius 2 is 1.95 bits per heavy atom. The number of thioether (sulfide) groups is 2. The normalized spacial score (nSPS) is 17.0. The van der Waals surface area contributed by atoms with E-state index in [1.807, 2.05) is 23.1 Å². The van der Waals surface area contributed by atoms with Crippen molar-refractivity contribution in [1.82, 2.24) is 15.1 Å². The van der Waals surface area contributed by atoms with E-state index in [1.54, 1.807) is 0 Å². The van der Waals surface area contributed by atoms with E-state index in [0.717, 1.165) is 6.54 Å². The largest absolute Gasteiger partial charge is 0.308 e. The SMILES string of the molecule is c1ccc(-n2cccn2)c(CNC2CSCCSC2)c1. The van der Waals surface area contributed by atoms with Crippen LogP contribution in [-0.4, -0.2) is 38.8 Å². The van der Waals surface area contributed by atoms with Crippen molar-refractivity contribution in [3.8, 4) is 5.69 Å². The fraction of sp³-hybridized carbons (Fsp3) is 0.400. The Kier molecular flexibility index (Phi) is 5.06. The fourth-order valence-electron chi connectivity index (χ4n) is 2.28. The molecule has 1 aliphatic rings. The molecule has 0 bridgehead atoms. The number of rotatable bonds is 4. The fourth-order valence-corrected chi connectivity index (χ4v) is 4.75. The van der Waals surface area contributed by atoms with E-state index >= 15 is 0 Å². The molecule has 1 saturated heterocycles. The molecule has 5 heteroatoms. The van der Waals surface area contributed by atoms with E-state index < -0.39 is 0 Å². The molecule has 0 radical (unpaired) electrons. The van der Waals surface area contributed by atoms with Crippen molar-refractivity contribution in [2.75, 3.05) is 23.0 Å². The lowest BCUT2D eigenvalue weighted by Crippen LogP contribution is -2.33. The molecule has 1 aliphatic heterocycles. The van der Waals surface area contributed by atoms with Crippen LogP contribution in [0.2, 0.25) is 0 Å². The molecule has 0 spiro atoms. The van der Waals surface area contributed by atoms with Gasteiger partial charge < -0.3 is 5.32 Å². The molecule has 2 heterocycles. The van der Waals surface area contributed by atoms with Crippen molar-refractivity contribution in [1.29, 1.82) is 0 Å². The predicted molar refractivity (Wildman–Crippen MR) is 88.8 cm³/mol. The molecule has 20 heavy (non-hydrogen) atoms. The van der Waals surface area contributed by atoms with Crippen molar-refractivity contribution >= 4 is 23.5 Å². The average molecular weight is 305 g/mol. The van der Waals surface area contributed by atoms with Gasteiger partial charge >= 0.3 is 0 Å². The molecule has 0 unspecified atom stereocenters. The van der Waals surface area contributed by atoms with Crippen LogP contribution in [-0.2, 0) is 6.54 Å². The Balaban J connectivity index is 1.68. The summed E-state index contributed by atoms with van der Waals surface area (Å²) in [4.78, 5) is 0. The van der Waals surface area contributed by atoms with E-state index in [1.165, 1.54) is 34.3 Å². The highest BCUT2D eigenvalue weighted by Gasteiger charge is 2.13. The van der Waals surface area contributed by atoms with E-state index in [2.05, 4.69) is 58.2 Å². The van der Waals surface area contributed by atoms with Gasteiger partial charge in [-0.3, -0.25) is 0 Å². The molecule has 106 valence electrons. The highest BCUT2D eigenvalue weighted by molar-refractivity contribution is 8.03. The summed E-state index contributed by atoms with van der Waals surface area (Å²) in [5.74, 6) is 5.01. The zero-order chi connectivity index (χ0) is 13.6. The Hall–Kier alpha value is -0.910. The quantitative estimate of drug-likeness (QED) is 0.941. The van der Waals surface area contributed by atoms with Gasteiger partial charge in [0, 0.05) is 48.0 Å². The Labute approximate surface area is 128 Å². The highest BCUT2D eigenvalue weighted by atomic mass is 32.2. The molecule has 0 saturated carbocycles. The van der Waals surface area contributed by atoms with E-state index in [9.17, 15) is 0 Å². The standard InChI is InChI=1S/C15H19N3S2/c1-2-5-15(18-7-3-6-17-18)13(4-1)10-16-14-11-19-8-9-20-12-14/h1-7,14,16H,8-12H2. The topological polar surface area (TPSA) is 29.9 Å². The van der Waals surface area contributed by atoms with Crippen LogP contribution in [0.15, 0.2) is 42.7 Å². The Morgan fingerprint density at radius 3 is 2.70 bits per heavy atom. The summed E-state index contributed by atoms with van der Waals surface area (Å²) in [7, 11) is 0.